The van der Waals surface area contributed by atoms with Crippen LogP contribution < -0.4 is 17.0 Å². The number of thiophene rings is 1. The summed E-state index contributed by atoms with van der Waals surface area (Å²) in [6, 6.07) is 1.88. The second-order valence-electron chi connectivity index (χ2n) is 2.16. The third-order valence-electron chi connectivity index (χ3n) is 1.21. The van der Waals surface area contributed by atoms with Crippen LogP contribution in [0.15, 0.2) is 9.85 Å². The van der Waals surface area contributed by atoms with Gasteiger partial charge < -0.3 is 21.7 Å². The Labute approximate surface area is 119 Å². The fourth-order valence-corrected chi connectivity index (χ4v) is 1.84. The fraction of sp³-hybridized carbons (Fsp3) is 0.375. The van der Waals surface area contributed by atoms with E-state index in [1.807, 2.05) is 6.07 Å². The van der Waals surface area contributed by atoms with Crippen LogP contribution in [0.1, 0.15) is 12.5 Å². The molecule has 0 aliphatic carbocycles. The molecule has 0 spiro atoms. The van der Waals surface area contributed by atoms with E-state index >= 15 is 0 Å². The van der Waals surface area contributed by atoms with Crippen molar-refractivity contribution >= 4 is 33.2 Å². The fourth-order valence-electron chi connectivity index (χ4n) is 0.765. The third-order valence-corrected chi connectivity index (χ3v) is 2.60. The minimum atomic E-state index is -0.195. The number of rotatable bonds is 3. The van der Waals surface area contributed by atoms with E-state index in [9.17, 15) is 4.79 Å². The molecule has 0 unspecified atom stereocenters. The predicted molar refractivity (Wildman–Crippen MR) is 51.2 cm³/mol. The van der Waals surface area contributed by atoms with Gasteiger partial charge in [0, 0.05) is 24.9 Å². The Morgan fingerprint density at radius 3 is 2.79 bits per heavy atom. The van der Waals surface area contributed by atoms with Crippen molar-refractivity contribution in [3.8, 4) is 0 Å². The number of carbonyl (C=O) groups is 1. The summed E-state index contributed by atoms with van der Waals surface area (Å²) in [6.07, 6.45) is 0.315. The molecule has 0 N–H and O–H groups in total. The van der Waals surface area contributed by atoms with Gasteiger partial charge in [-0.1, -0.05) is 0 Å². The van der Waals surface area contributed by atoms with Crippen molar-refractivity contribution in [2.75, 3.05) is 6.61 Å². The maximum atomic E-state index is 11.0. The minimum Gasteiger partial charge on any atom is -1.00 e. The minimum absolute atomic E-state index is 0. The molecule has 0 fully saturated rings. The zero-order valence-corrected chi connectivity index (χ0v) is 14.6. The number of hydrogen-bond donors (Lipinski definition) is 0. The number of esters is 1. The van der Waals surface area contributed by atoms with E-state index in [1.54, 1.807) is 6.92 Å². The first-order valence-corrected chi connectivity index (χ1v) is 5.15. The first-order chi connectivity index (χ1) is 5.72. The van der Waals surface area contributed by atoms with Crippen molar-refractivity contribution in [2.24, 2.45) is 0 Å². The van der Waals surface area contributed by atoms with Gasteiger partial charge in [0.25, 0.3) is 0 Å². The third kappa shape index (κ3) is 6.28. The van der Waals surface area contributed by atoms with Crippen LogP contribution in [0.5, 0.6) is 0 Å². The maximum absolute atomic E-state index is 11.0. The maximum Gasteiger partial charge on any atom is 0.310 e. The molecule has 0 aliphatic heterocycles. The smallest absolute Gasteiger partial charge is 0.310 e. The van der Waals surface area contributed by atoms with Crippen LogP contribution in [0.25, 0.3) is 0 Å². The van der Waals surface area contributed by atoms with Crippen molar-refractivity contribution in [1.82, 2.24) is 0 Å². The summed E-state index contributed by atoms with van der Waals surface area (Å²) in [5.41, 5.74) is 0.880. The number of carbonyl (C=O) groups excluding carboxylic acids is 1. The summed E-state index contributed by atoms with van der Waals surface area (Å²) in [7, 11) is 0. The van der Waals surface area contributed by atoms with Crippen LogP contribution in [-0.4, -0.2) is 12.6 Å². The number of hydrogen-bond acceptors (Lipinski definition) is 3. The Hall–Kier alpha value is 0.753. The van der Waals surface area contributed by atoms with Gasteiger partial charge in [-0.3, -0.25) is 4.79 Å². The molecule has 14 heavy (non-hydrogen) atoms. The normalized spacial score (nSPS) is 8.43. The van der Waals surface area contributed by atoms with E-state index < -0.39 is 0 Å². The summed E-state index contributed by atoms with van der Waals surface area (Å²) in [4.78, 5) is 11.0. The van der Waals surface area contributed by atoms with Gasteiger partial charge >= 0.3 is 5.97 Å². The van der Waals surface area contributed by atoms with Crippen molar-refractivity contribution in [2.45, 2.75) is 13.3 Å². The molecule has 1 aromatic rings. The topological polar surface area (TPSA) is 26.3 Å². The molecular weight excluding hydrogens is 385 g/mol. The van der Waals surface area contributed by atoms with E-state index in [0.29, 0.717) is 13.0 Å². The average molecular weight is 393 g/mol. The Morgan fingerprint density at radius 1 is 1.71 bits per heavy atom. The standard InChI is InChI=1S/C8H8BrO2S.BrH.Zn/c1-2-11-8(10)4-6-3-7(9)12-5-6;;/h3H,2,4H2,1H3;1H;/p-1. The largest absolute Gasteiger partial charge is 1.00 e. The van der Waals surface area contributed by atoms with Gasteiger partial charge in [0.1, 0.15) is 0 Å². The molecular formula is C8H8Br2O2SZn-. The summed E-state index contributed by atoms with van der Waals surface area (Å²) >= 11 is 4.74. The summed E-state index contributed by atoms with van der Waals surface area (Å²) in [5.74, 6) is -0.195. The van der Waals surface area contributed by atoms with Crippen LogP contribution in [0, 0.1) is 5.38 Å². The monoisotopic (exact) mass is 390 g/mol. The molecule has 1 heterocycles. The van der Waals surface area contributed by atoms with Gasteiger partial charge in [0.2, 0.25) is 0 Å². The molecule has 6 heteroatoms. The molecule has 0 aromatic carbocycles. The van der Waals surface area contributed by atoms with Gasteiger partial charge in [-0.25, -0.2) is 0 Å². The van der Waals surface area contributed by atoms with Gasteiger partial charge in [-0.05, 0) is 34.5 Å². The Bertz CT molecular complexity index is 278. The molecule has 1 aromatic heterocycles. The van der Waals surface area contributed by atoms with Gasteiger partial charge in [-0.2, -0.15) is 0 Å². The average Bonchev–Trinajstić information content (AvgIpc) is 2.36. The molecule has 0 saturated carbocycles. The van der Waals surface area contributed by atoms with E-state index in [4.69, 9.17) is 4.74 Å². The van der Waals surface area contributed by atoms with E-state index in [-0.39, 0.29) is 42.4 Å². The van der Waals surface area contributed by atoms with E-state index in [0.717, 1.165) is 9.35 Å². The molecule has 0 bridgehead atoms. The number of ether oxygens (including phenoxy) is 1. The molecule has 1 rings (SSSR count). The van der Waals surface area contributed by atoms with Crippen LogP contribution in [-0.2, 0) is 35.4 Å². The van der Waals surface area contributed by atoms with Crippen molar-refractivity contribution in [1.29, 1.82) is 0 Å². The number of halogens is 2. The molecule has 0 saturated heterocycles. The van der Waals surface area contributed by atoms with Crippen molar-refractivity contribution in [3.63, 3.8) is 0 Å². The van der Waals surface area contributed by atoms with E-state index in [2.05, 4.69) is 21.3 Å². The second-order valence-corrected chi connectivity index (χ2v) is 4.39. The summed E-state index contributed by atoms with van der Waals surface area (Å²) < 4.78 is 5.77. The summed E-state index contributed by atoms with van der Waals surface area (Å²) in [6.45, 7) is 2.23. The van der Waals surface area contributed by atoms with Crippen LogP contribution in [0.4, 0.5) is 0 Å². The first-order valence-electron chi connectivity index (χ1n) is 3.54. The molecule has 2 nitrogen and oxygen atoms in total. The molecule has 75 valence electrons. The van der Waals surface area contributed by atoms with Gasteiger partial charge in [0.15, 0.2) is 0 Å². The van der Waals surface area contributed by atoms with Gasteiger partial charge in [0.05, 0.1) is 16.8 Å². The molecule has 1 radical (unpaired) electrons. The summed E-state index contributed by atoms with van der Waals surface area (Å²) in [5, 5.41) is 2.99. The first kappa shape index (κ1) is 17.2. The van der Waals surface area contributed by atoms with Crippen molar-refractivity contribution < 1.29 is 46.0 Å². The molecule has 0 aliphatic rings. The quantitative estimate of drug-likeness (QED) is 0.508. The van der Waals surface area contributed by atoms with E-state index in [1.165, 1.54) is 11.3 Å². The predicted octanol–water partition coefficient (Wildman–Crippen LogP) is -0.582. The Morgan fingerprint density at radius 2 is 2.36 bits per heavy atom. The zero-order chi connectivity index (χ0) is 8.97. The zero-order valence-electron chi connectivity index (χ0n) is 7.68. The van der Waals surface area contributed by atoms with Crippen molar-refractivity contribution in [3.05, 3.63) is 20.8 Å². The molecule has 0 atom stereocenters. The SMILES string of the molecule is CCOC(=O)Cc1[c]sc(Br)c1.[Br-].[Zn]. The Balaban J connectivity index is 0. The second kappa shape index (κ2) is 9.01. The van der Waals surface area contributed by atoms with Crippen LogP contribution >= 0.6 is 27.3 Å². The van der Waals surface area contributed by atoms with Crippen LogP contribution in [0.2, 0.25) is 0 Å². The molecule has 0 amide bonds. The Kier molecular flexibility index (Phi) is 11.0. The van der Waals surface area contributed by atoms with Crippen LogP contribution in [0.3, 0.4) is 0 Å². The van der Waals surface area contributed by atoms with Gasteiger partial charge in [-0.15, -0.1) is 11.3 Å².